The van der Waals surface area contributed by atoms with Crippen LogP contribution < -0.4 is 0 Å². The van der Waals surface area contributed by atoms with E-state index in [0.717, 1.165) is 11.8 Å². The second kappa shape index (κ2) is 4.83. The standard InChI is InChI=1S/C10H8N2O/c11-4-2-1-3-9-5-10(8-13)7-12-6-9/h1,3,5-8H,2H2. The van der Waals surface area contributed by atoms with Crippen molar-refractivity contribution in [1.82, 2.24) is 4.98 Å². The van der Waals surface area contributed by atoms with Crippen molar-refractivity contribution in [1.29, 1.82) is 5.26 Å². The normalized spacial score (nSPS) is 9.77. The minimum atomic E-state index is 0.366. The first-order valence-electron chi connectivity index (χ1n) is 3.80. The molecule has 0 atom stereocenters. The topological polar surface area (TPSA) is 53.8 Å². The maximum atomic E-state index is 10.4. The number of aldehydes is 1. The summed E-state index contributed by atoms with van der Waals surface area (Å²) in [5, 5.41) is 8.27. The highest BCUT2D eigenvalue weighted by atomic mass is 16.1. The van der Waals surface area contributed by atoms with Gasteiger partial charge in [0.25, 0.3) is 0 Å². The van der Waals surface area contributed by atoms with Crippen molar-refractivity contribution < 1.29 is 4.79 Å². The predicted octanol–water partition coefficient (Wildman–Crippen LogP) is 1.82. The third-order valence-corrected chi connectivity index (χ3v) is 1.44. The molecule has 3 heteroatoms. The molecule has 3 nitrogen and oxygen atoms in total. The van der Waals surface area contributed by atoms with Crippen LogP contribution in [0, 0.1) is 11.3 Å². The van der Waals surface area contributed by atoms with Crippen LogP contribution in [0.2, 0.25) is 0 Å². The van der Waals surface area contributed by atoms with Gasteiger partial charge in [0, 0.05) is 18.0 Å². The van der Waals surface area contributed by atoms with E-state index < -0.39 is 0 Å². The van der Waals surface area contributed by atoms with Gasteiger partial charge in [-0.15, -0.1) is 0 Å². The van der Waals surface area contributed by atoms with Crippen molar-refractivity contribution in [2.45, 2.75) is 6.42 Å². The van der Waals surface area contributed by atoms with Gasteiger partial charge in [-0.2, -0.15) is 5.26 Å². The highest BCUT2D eigenvalue weighted by Gasteiger charge is 1.90. The van der Waals surface area contributed by atoms with Gasteiger partial charge in [0.2, 0.25) is 0 Å². The number of hydrogen-bond donors (Lipinski definition) is 0. The van der Waals surface area contributed by atoms with Crippen LogP contribution in [0.25, 0.3) is 6.08 Å². The molecule has 0 fully saturated rings. The molecule has 0 amide bonds. The quantitative estimate of drug-likeness (QED) is 0.653. The van der Waals surface area contributed by atoms with Crippen LogP contribution in [0.4, 0.5) is 0 Å². The summed E-state index contributed by atoms with van der Waals surface area (Å²) in [5.41, 5.74) is 1.37. The Kier molecular flexibility index (Phi) is 3.40. The summed E-state index contributed by atoms with van der Waals surface area (Å²) in [6, 6.07) is 3.71. The Hall–Kier alpha value is -1.95. The van der Waals surface area contributed by atoms with Crippen molar-refractivity contribution in [2.24, 2.45) is 0 Å². The zero-order valence-electron chi connectivity index (χ0n) is 6.97. The lowest BCUT2D eigenvalue weighted by Crippen LogP contribution is -1.83. The number of nitrogens with zero attached hydrogens (tertiary/aromatic N) is 2. The van der Waals surface area contributed by atoms with Gasteiger partial charge in [0.15, 0.2) is 6.29 Å². The molecule has 0 aromatic carbocycles. The summed E-state index contributed by atoms with van der Waals surface area (Å²) in [4.78, 5) is 14.2. The van der Waals surface area contributed by atoms with Gasteiger partial charge in [-0.3, -0.25) is 9.78 Å². The molecule has 0 aliphatic carbocycles. The van der Waals surface area contributed by atoms with E-state index >= 15 is 0 Å². The smallest absolute Gasteiger partial charge is 0.151 e. The van der Waals surface area contributed by atoms with Crippen LogP contribution in [-0.4, -0.2) is 11.3 Å². The van der Waals surface area contributed by atoms with Crippen molar-refractivity contribution >= 4 is 12.4 Å². The lowest BCUT2D eigenvalue weighted by atomic mass is 10.2. The van der Waals surface area contributed by atoms with Crippen LogP contribution >= 0.6 is 0 Å². The highest BCUT2D eigenvalue weighted by Crippen LogP contribution is 2.03. The number of hydrogen-bond acceptors (Lipinski definition) is 3. The van der Waals surface area contributed by atoms with Crippen LogP contribution in [0.5, 0.6) is 0 Å². The number of carbonyl (C=O) groups is 1. The van der Waals surface area contributed by atoms with E-state index in [1.807, 2.05) is 6.07 Å². The first-order valence-corrected chi connectivity index (χ1v) is 3.80. The third-order valence-electron chi connectivity index (χ3n) is 1.44. The van der Waals surface area contributed by atoms with Gasteiger partial charge in [0.1, 0.15) is 0 Å². The lowest BCUT2D eigenvalue weighted by molar-refractivity contribution is 0.112. The molecule has 1 aromatic rings. The molecule has 0 bridgehead atoms. The van der Waals surface area contributed by atoms with E-state index in [0.29, 0.717) is 12.0 Å². The summed E-state index contributed by atoms with van der Waals surface area (Å²) in [6.45, 7) is 0. The molecule has 0 unspecified atom stereocenters. The zero-order chi connectivity index (χ0) is 9.52. The maximum Gasteiger partial charge on any atom is 0.151 e. The molecule has 0 saturated carbocycles. The molecule has 0 radical (unpaired) electrons. The van der Waals surface area contributed by atoms with Crippen LogP contribution in [0.1, 0.15) is 22.3 Å². The summed E-state index contributed by atoms with van der Waals surface area (Å²) < 4.78 is 0. The van der Waals surface area contributed by atoms with Crippen molar-refractivity contribution in [3.8, 4) is 6.07 Å². The second-order valence-electron chi connectivity index (χ2n) is 2.43. The van der Waals surface area contributed by atoms with Crippen molar-refractivity contribution in [2.75, 3.05) is 0 Å². The fraction of sp³-hybridized carbons (Fsp3) is 0.100. The van der Waals surface area contributed by atoms with Gasteiger partial charge >= 0.3 is 0 Å². The van der Waals surface area contributed by atoms with Crippen LogP contribution in [0.15, 0.2) is 24.5 Å². The molecule has 1 heterocycles. The van der Waals surface area contributed by atoms with Gasteiger partial charge in [-0.1, -0.05) is 12.2 Å². The number of allylic oxidation sites excluding steroid dienone is 1. The fourth-order valence-electron chi connectivity index (χ4n) is 0.880. The van der Waals surface area contributed by atoms with E-state index in [1.54, 1.807) is 24.4 Å². The highest BCUT2D eigenvalue weighted by molar-refractivity contribution is 5.75. The summed E-state index contributed by atoms with van der Waals surface area (Å²) >= 11 is 0. The number of nitriles is 1. The Morgan fingerprint density at radius 2 is 2.23 bits per heavy atom. The predicted molar refractivity (Wildman–Crippen MR) is 48.9 cm³/mol. The Balaban J connectivity index is 2.78. The van der Waals surface area contributed by atoms with Crippen LogP contribution in [-0.2, 0) is 0 Å². The van der Waals surface area contributed by atoms with E-state index in [2.05, 4.69) is 4.98 Å². The van der Waals surface area contributed by atoms with Gasteiger partial charge in [0.05, 0.1) is 12.5 Å². The van der Waals surface area contributed by atoms with E-state index in [4.69, 9.17) is 5.26 Å². The molecule has 0 spiro atoms. The molecule has 1 aromatic heterocycles. The summed E-state index contributed by atoms with van der Waals surface area (Å²) in [5.74, 6) is 0. The van der Waals surface area contributed by atoms with Crippen LogP contribution in [0.3, 0.4) is 0 Å². The second-order valence-corrected chi connectivity index (χ2v) is 2.43. The SMILES string of the molecule is N#CCC=Cc1cncc(C=O)c1. The first-order chi connectivity index (χ1) is 6.36. The molecular weight excluding hydrogens is 164 g/mol. The molecule has 1 rings (SSSR count). The fourth-order valence-corrected chi connectivity index (χ4v) is 0.880. The molecule has 0 saturated heterocycles. The molecule has 0 N–H and O–H groups in total. The molecule has 0 aliphatic rings. The average molecular weight is 172 g/mol. The Morgan fingerprint density at radius 3 is 2.92 bits per heavy atom. The number of rotatable bonds is 3. The van der Waals surface area contributed by atoms with E-state index in [9.17, 15) is 4.79 Å². The maximum absolute atomic E-state index is 10.4. The molecule has 13 heavy (non-hydrogen) atoms. The number of pyridine rings is 1. The molecule has 0 aliphatic heterocycles. The molecular formula is C10H8N2O. The van der Waals surface area contributed by atoms with Crippen molar-refractivity contribution in [3.63, 3.8) is 0 Å². The first kappa shape index (κ1) is 9.14. The third kappa shape index (κ3) is 2.88. The summed E-state index contributed by atoms with van der Waals surface area (Å²) in [7, 11) is 0. The van der Waals surface area contributed by atoms with Gasteiger partial charge in [-0.25, -0.2) is 0 Å². The Bertz CT molecular complexity index is 363. The van der Waals surface area contributed by atoms with Gasteiger partial charge < -0.3 is 0 Å². The summed E-state index contributed by atoms with van der Waals surface area (Å²) in [6.07, 6.45) is 7.74. The Labute approximate surface area is 76.3 Å². The number of aromatic nitrogens is 1. The van der Waals surface area contributed by atoms with E-state index in [-0.39, 0.29) is 0 Å². The van der Waals surface area contributed by atoms with Gasteiger partial charge in [-0.05, 0) is 11.6 Å². The molecule has 64 valence electrons. The number of carbonyl (C=O) groups excluding carboxylic acids is 1. The lowest BCUT2D eigenvalue weighted by Gasteiger charge is -1.92. The largest absolute Gasteiger partial charge is 0.298 e. The Morgan fingerprint density at radius 1 is 1.46 bits per heavy atom. The minimum absolute atomic E-state index is 0.366. The minimum Gasteiger partial charge on any atom is -0.298 e. The van der Waals surface area contributed by atoms with E-state index in [1.165, 1.54) is 6.20 Å². The average Bonchev–Trinajstić information content (AvgIpc) is 2.19. The monoisotopic (exact) mass is 172 g/mol. The zero-order valence-corrected chi connectivity index (χ0v) is 6.97. The van der Waals surface area contributed by atoms with Crippen molar-refractivity contribution in [3.05, 3.63) is 35.7 Å².